The molecule has 0 radical (unpaired) electrons. The number of fused-ring (bicyclic) bond motifs is 2. The summed E-state index contributed by atoms with van der Waals surface area (Å²) in [4.78, 5) is 45.1. The van der Waals surface area contributed by atoms with Gasteiger partial charge in [0, 0.05) is 30.3 Å². The zero-order valence-corrected chi connectivity index (χ0v) is 25.1. The number of rotatable bonds is 10. The summed E-state index contributed by atoms with van der Waals surface area (Å²) in [6, 6.07) is 25.4. The number of hydrogen-bond acceptors (Lipinski definition) is 6. The predicted molar refractivity (Wildman–Crippen MR) is 168 cm³/mol. The Balaban J connectivity index is 1.23. The number of carbonyl (C=O) groups excluding carboxylic acids is 3. The summed E-state index contributed by atoms with van der Waals surface area (Å²) in [6.45, 7) is 1.39. The van der Waals surface area contributed by atoms with Crippen molar-refractivity contribution < 1.29 is 19.5 Å². The molecule has 0 aromatic heterocycles. The number of piperidine rings is 1. The SMILES string of the molecule is O=C(NCc1ccccc1)C1C[C@@H]2CCCCC2CN1CC(O)C(CSc1ccccc1)N1C(=O)c2ccccc2C1=O. The molecule has 1 saturated heterocycles. The molecule has 224 valence electrons. The lowest BCUT2D eigenvalue weighted by Gasteiger charge is -2.46. The Kier molecular flexibility index (Phi) is 9.26. The van der Waals surface area contributed by atoms with E-state index >= 15 is 0 Å². The van der Waals surface area contributed by atoms with Gasteiger partial charge in [-0.15, -0.1) is 11.8 Å². The van der Waals surface area contributed by atoms with Crippen molar-refractivity contribution in [3.8, 4) is 0 Å². The third-order valence-electron chi connectivity index (χ3n) is 9.30. The Hall–Kier alpha value is -3.46. The molecule has 2 N–H and O–H groups in total. The van der Waals surface area contributed by atoms with Crippen molar-refractivity contribution in [2.45, 2.75) is 61.7 Å². The topological polar surface area (TPSA) is 90.0 Å². The molecule has 3 aromatic carbocycles. The molecule has 7 nitrogen and oxygen atoms in total. The normalized spacial score (nSPS) is 23.4. The van der Waals surface area contributed by atoms with Crippen molar-refractivity contribution >= 4 is 29.5 Å². The zero-order chi connectivity index (χ0) is 29.8. The van der Waals surface area contributed by atoms with Gasteiger partial charge in [-0.05, 0) is 54.5 Å². The molecule has 3 amide bonds. The van der Waals surface area contributed by atoms with Crippen LogP contribution >= 0.6 is 11.8 Å². The highest BCUT2D eigenvalue weighted by Crippen LogP contribution is 2.39. The minimum atomic E-state index is -1.03. The molecule has 6 rings (SSSR count). The fourth-order valence-electron chi connectivity index (χ4n) is 7.00. The minimum Gasteiger partial charge on any atom is -0.390 e. The Bertz CT molecular complexity index is 1400. The summed E-state index contributed by atoms with van der Waals surface area (Å²) in [5.41, 5.74) is 1.78. The van der Waals surface area contributed by atoms with Gasteiger partial charge in [-0.1, -0.05) is 79.9 Å². The highest BCUT2D eigenvalue weighted by Gasteiger charge is 2.45. The summed E-state index contributed by atoms with van der Waals surface area (Å²) in [7, 11) is 0. The molecule has 8 heteroatoms. The van der Waals surface area contributed by atoms with Crippen LogP contribution in [-0.2, 0) is 11.3 Å². The summed E-state index contributed by atoms with van der Waals surface area (Å²) >= 11 is 1.52. The maximum absolute atomic E-state index is 13.7. The maximum Gasteiger partial charge on any atom is 0.261 e. The standard InChI is InChI=1S/C35H39N3O4S/c39-32(31(23-43-27-15-5-2-6-16-27)38-34(41)28-17-9-10-18-29(28)35(38)42)22-37-21-26-14-8-7-13-25(26)19-30(37)33(40)36-20-24-11-3-1-4-12-24/h1-6,9-12,15-18,25-26,30-32,39H,7-8,13-14,19-23H2,(H,36,40)/t25-,26?,30?,31?,32?/m0/s1. The molecule has 0 bridgehead atoms. The Morgan fingerprint density at radius 1 is 0.860 bits per heavy atom. The van der Waals surface area contributed by atoms with Crippen LogP contribution < -0.4 is 5.32 Å². The van der Waals surface area contributed by atoms with E-state index in [1.807, 2.05) is 60.7 Å². The number of β-amino-alcohol motifs (C(OH)–C–C–N with tert-alkyl or cyclic N) is 1. The zero-order valence-electron chi connectivity index (χ0n) is 24.3. The van der Waals surface area contributed by atoms with Crippen molar-refractivity contribution in [2.75, 3.05) is 18.8 Å². The van der Waals surface area contributed by atoms with Crippen LogP contribution in [0.2, 0.25) is 0 Å². The number of amides is 3. The number of imide groups is 1. The molecule has 3 aliphatic rings. The summed E-state index contributed by atoms with van der Waals surface area (Å²) < 4.78 is 0. The Labute approximate surface area is 257 Å². The van der Waals surface area contributed by atoms with E-state index in [-0.39, 0.29) is 30.3 Å². The molecule has 5 atom stereocenters. The monoisotopic (exact) mass is 597 g/mol. The third-order valence-corrected chi connectivity index (χ3v) is 10.4. The predicted octanol–water partition coefficient (Wildman–Crippen LogP) is 5.00. The fraction of sp³-hybridized carbons (Fsp3) is 0.400. The Morgan fingerprint density at radius 3 is 2.14 bits per heavy atom. The first kappa shape index (κ1) is 29.6. The van der Waals surface area contributed by atoms with E-state index in [0.29, 0.717) is 35.3 Å². The Morgan fingerprint density at radius 2 is 1.47 bits per heavy atom. The van der Waals surface area contributed by atoms with E-state index in [1.165, 1.54) is 29.5 Å². The number of likely N-dealkylation sites (tertiary alicyclic amines) is 1. The number of aliphatic hydroxyl groups excluding tert-OH is 1. The van der Waals surface area contributed by atoms with Gasteiger partial charge < -0.3 is 10.4 Å². The molecule has 4 unspecified atom stereocenters. The summed E-state index contributed by atoms with van der Waals surface area (Å²) in [6.07, 6.45) is 4.38. The van der Waals surface area contributed by atoms with Crippen LogP contribution in [0.25, 0.3) is 0 Å². The van der Waals surface area contributed by atoms with Crippen molar-refractivity contribution in [3.63, 3.8) is 0 Å². The highest BCUT2D eigenvalue weighted by molar-refractivity contribution is 7.99. The molecule has 2 aliphatic heterocycles. The minimum absolute atomic E-state index is 0.0315. The number of hydrogen-bond donors (Lipinski definition) is 2. The maximum atomic E-state index is 13.7. The van der Waals surface area contributed by atoms with Crippen LogP contribution in [0.15, 0.2) is 89.8 Å². The first-order valence-electron chi connectivity index (χ1n) is 15.4. The summed E-state index contributed by atoms with van der Waals surface area (Å²) in [5, 5.41) is 15.0. The van der Waals surface area contributed by atoms with Crippen molar-refractivity contribution in [3.05, 3.63) is 102 Å². The molecule has 1 saturated carbocycles. The van der Waals surface area contributed by atoms with E-state index in [9.17, 15) is 19.5 Å². The summed E-state index contributed by atoms with van der Waals surface area (Å²) in [5.74, 6) is 0.548. The largest absolute Gasteiger partial charge is 0.390 e. The van der Waals surface area contributed by atoms with Crippen LogP contribution in [0.3, 0.4) is 0 Å². The van der Waals surface area contributed by atoms with Gasteiger partial charge in [-0.2, -0.15) is 0 Å². The van der Waals surface area contributed by atoms with Gasteiger partial charge in [0.2, 0.25) is 5.91 Å². The van der Waals surface area contributed by atoms with E-state index < -0.39 is 12.1 Å². The second kappa shape index (κ2) is 13.5. The number of aliphatic hydroxyl groups is 1. The van der Waals surface area contributed by atoms with Crippen LogP contribution in [-0.4, -0.2) is 69.7 Å². The van der Waals surface area contributed by atoms with Crippen molar-refractivity contribution in [2.24, 2.45) is 11.8 Å². The molecule has 1 aliphatic carbocycles. The molecule has 2 heterocycles. The second-order valence-electron chi connectivity index (χ2n) is 12.0. The van der Waals surface area contributed by atoms with Crippen LogP contribution in [0.5, 0.6) is 0 Å². The molecular weight excluding hydrogens is 558 g/mol. The van der Waals surface area contributed by atoms with Gasteiger partial charge in [0.25, 0.3) is 11.8 Å². The van der Waals surface area contributed by atoms with E-state index in [2.05, 4.69) is 10.2 Å². The third kappa shape index (κ3) is 6.56. The van der Waals surface area contributed by atoms with Crippen LogP contribution in [0.4, 0.5) is 0 Å². The quantitative estimate of drug-likeness (QED) is 0.253. The molecule has 2 fully saturated rings. The number of nitrogens with one attached hydrogen (secondary N) is 1. The van der Waals surface area contributed by atoms with E-state index in [1.54, 1.807) is 24.3 Å². The van der Waals surface area contributed by atoms with Gasteiger partial charge >= 0.3 is 0 Å². The van der Waals surface area contributed by atoms with Gasteiger partial charge in [-0.25, -0.2) is 0 Å². The van der Waals surface area contributed by atoms with Gasteiger partial charge in [0.15, 0.2) is 0 Å². The molecular formula is C35H39N3O4S. The number of thioether (sulfide) groups is 1. The van der Waals surface area contributed by atoms with Gasteiger partial charge in [0.05, 0.1) is 29.3 Å². The number of carbonyl (C=O) groups is 3. The van der Waals surface area contributed by atoms with E-state index in [4.69, 9.17) is 0 Å². The molecule has 43 heavy (non-hydrogen) atoms. The lowest BCUT2D eigenvalue weighted by molar-refractivity contribution is -0.131. The van der Waals surface area contributed by atoms with Gasteiger partial charge in [0.1, 0.15) is 0 Å². The highest BCUT2D eigenvalue weighted by atomic mass is 32.2. The van der Waals surface area contributed by atoms with Crippen LogP contribution in [0.1, 0.15) is 58.4 Å². The lowest BCUT2D eigenvalue weighted by atomic mass is 9.72. The fourth-order valence-corrected chi connectivity index (χ4v) is 8.09. The van der Waals surface area contributed by atoms with Crippen molar-refractivity contribution in [1.29, 1.82) is 0 Å². The second-order valence-corrected chi connectivity index (χ2v) is 13.1. The average Bonchev–Trinajstić information content (AvgIpc) is 3.30. The lowest BCUT2D eigenvalue weighted by Crippen LogP contribution is -2.59. The van der Waals surface area contributed by atoms with E-state index in [0.717, 1.165) is 36.3 Å². The smallest absolute Gasteiger partial charge is 0.261 e. The first-order chi connectivity index (χ1) is 21.0. The van der Waals surface area contributed by atoms with Crippen LogP contribution in [0, 0.1) is 11.8 Å². The number of benzene rings is 3. The first-order valence-corrected chi connectivity index (χ1v) is 16.4. The number of nitrogens with zero attached hydrogens (tertiary/aromatic N) is 2. The molecule has 3 aromatic rings. The van der Waals surface area contributed by atoms with Crippen molar-refractivity contribution in [1.82, 2.24) is 15.1 Å². The van der Waals surface area contributed by atoms with Gasteiger partial charge in [-0.3, -0.25) is 24.2 Å². The molecule has 0 spiro atoms. The average molecular weight is 598 g/mol.